The lowest BCUT2D eigenvalue weighted by molar-refractivity contribution is -0.901. The number of carbonyl (C=O) groups is 1. The summed E-state index contributed by atoms with van der Waals surface area (Å²) in [4.78, 5) is 10.8. The molecule has 1 amide bonds. The van der Waals surface area contributed by atoms with Crippen LogP contribution in [0.4, 0.5) is 0 Å². The summed E-state index contributed by atoms with van der Waals surface area (Å²) in [7, 11) is 2.13. The second-order valence-electron chi connectivity index (χ2n) is 4.11. The summed E-state index contributed by atoms with van der Waals surface area (Å²) < 4.78 is 0.856. The van der Waals surface area contributed by atoms with E-state index in [1.807, 2.05) is 0 Å². The van der Waals surface area contributed by atoms with Gasteiger partial charge in [0.05, 0.1) is 20.1 Å². The third kappa shape index (κ3) is 2.81. The lowest BCUT2D eigenvalue weighted by Crippen LogP contribution is -2.49. The zero-order valence-electron chi connectivity index (χ0n) is 7.88. The highest BCUT2D eigenvalue weighted by atomic mass is 16.1. The number of carbonyl (C=O) groups excluding carboxylic acids is 1. The summed E-state index contributed by atoms with van der Waals surface area (Å²) in [6, 6.07) is 0. The fraction of sp³-hybridized carbons (Fsp3) is 0.889. The molecule has 0 unspecified atom stereocenters. The van der Waals surface area contributed by atoms with E-state index in [1.165, 1.54) is 25.7 Å². The first-order chi connectivity index (χ1) is 5.62. The quantitative estimate of drug-likeness (QED) is 0.604. The molecule has 0 aromatic rings. The standard InChI is InChI=1S/C9H18N2O/c1-11(8-9(10)12)6-4-2-3-5-7-11/h2-8H2,1H3,(H-,10,12)/p+1. The summed E-state index contributed by atoms with van der Waals surface area (Å²) in [6.45, 7) is 2.74. The van der Waals surface area contributed by atoms with Crippen molar-refractivity contribution >= 4 is 5.91 Å². The monoisotopic (exact) mass is 171 g/mol. The summed E-state index contributed by atoms with van der Waals surface area (Å²) in [5.41, 5.74) is 5.20. The number of primary amides is 1. The Kier molecular flexibility index (Phi) is 3.09. The van der Waals surface area contributed by atoms with E-state index in [-0.39, 0.29) is 5.91 Å². The number of likely N-dealkylation sites (tertiary alicyclic amines) is 1. The Hall–Kier alpha value is -0.570. The molecule has 1 aliphatic rings. The van der Waals surface area contributed by atoms with Crippen LogP contribution in [0.15, 0.2) is 0 Å². The van der Waals surface area contributed by atoms with Gasteiger partial charge >= 0.3 is 0 Å². The molecule has 0 aliphatic carbocycles. The zero-order chi connectivity index (χ0) is 9.03. The molecule has 0 spiro atoms. The minimum absolute atomic E-state index is 0.167. The van der Waals surface area contributed by atoms with Gasteiger partial charge in [-0.2, -0.15) is 0 Å². The third-order valence-corrected chi connectivity index (χ3v) is 2.68. The van der Waals surface area contributed by atoms with Gasteiger partial charge in [-0.3, -0.25) is 4.79 Å². The average Bonchev–Trinajstić information content (AvgIpc) is 2.12. The molecular formula is C9H19N2O+. The maximum atomic E-state index is 10.8. The first-order valence-corrected chi connectivity index (χ1v) is 4.74. The van der Waals surface area contributed by atoms with Gasteiger partial charge < -0.3 is 10.2 Å². The number of rotatable bonds is 2. The van der Waals surface area contributed by atoms with Crippen LogP contribution in [0, 0.1) is 0 Å². The molecule has 0 saturated carbocycles. The fourth-order valence-electron chi connectivity index (χ4n) is 1.99. The van der Waals surface area contributed by atoms with Crippen LogP contribution in [0.1, 0.15) is 25.7 Å². The molecule has 70 valence electrons. The van der Waals surface area contributed by atoms with E-state index in [2.05, 4.69) is 7.05 Å². The number of quaternary nitrogens is 1. The molecule has 0 atom stereocenters. The van der Waals surface area contributed by atoms with Crippen LogP contribution in [0.25, 0.3) is 0 Å². The molecular weight excluding hydrogens is 152 g/mol. The minimum Gasteiger partial charge on any atom is -0.365 e. The Morgan fingerprint density at radius 3 is 2.17 bits per heavy atom. The molecule has 12 heavy (non-hydrogen) atoms. The van der Waals surface area contributed by atoms with Crippen molar-refractivity contribution in [1.82, 2.24) is 0 Å². The molecule has 3 nitrogen and oxygen atoms in total. The molecule has 0 radical (unpaired) electrons. The number of hydrogen-bond donors (Lipinski definition) is 1. The molecule has 1 saturated heterocycles. The number of nitrogens with two attached hydrogens (primary N) is 1. The van der Waals surface area contributed by atoms with Crippen LogP contribution in [0.3, 0.4) is 0 Å². The zero-order valence-corrected chi connectivity index (χ0v) is 7.88. The normalized spacial score (nSPS) is 23.1. The van der Waals surface area contributed by atoms with Crippen molar-refractivity contribution in [1.29, 1.82) is 0 Å². The highest BCUT2D eigenvalue weighted by molar-refractivity contribution is 5.74. The second kappa shape index (κ2) is 3.90. The number of hydrogen-bond acceptors (Lipinski definition) is 1. The fourth-order valence-corrected chi connectivity index (χ4v) is 1.99. The molecule has 1 fully saturated rings. The lowest BCUT2D eigenvalue weighted by atomic mass is 10.2. The first-order valence-electron chi connectivity index (χ1n) is 4.74. The van der Waals surface area contributed by atoms with Crippen LogP contribution >= 0.6 is 0 Å². The summed E-state index contributed by atoms with van der Waals surface area (Å²) >= 11 is 0. The highest BCUT2D eigenvalue weighted by Gasteiger charge is 2.24. The predicted octanol–water partition coefficient (Wildman–Crippen LogP) is 0.492. The highest BCUT2D eigenvalue weighted by Crippen LogP contribution is 2.15. The molecule has 2 N–H and O–H groups in total. The van der Waals surface area contributed by atoms with Crippen molar-refractivity contribution in [2.24, 2.45) is 5.73 Å². The van der Waals surface area contributed by atoms with E-state index in [9.17, 15) is 4.79 Å². The molecule has 3 heteroatoms. The van der Waals surface area contributed by atoms with Crippen molar-refractivity contribution in [2.75, 3.05) is 26.7 Å². The van der Waals surface area contributed by atoms with Gasteiger partial charge in [0.15, 0.2) is 6.54 Å². The van der Waals surface area contributed by atoms with Gasteiger partial charge in [0.25, 0.3) is 5.91 Å². The van der Waals surface area contributed by atoms with Crippen LogP contribution < -0.4 is 5.73 Å². The van der Waals surface area contributed by atoms with Gasteiger partial charge in [0, 0.05) is 0 Å². The predicted molar refractivity (Wildman–Crippen MR) is 48.4 cm³/mol. The van der Waals surface area contributed by atoms with Gasteiger partial charge in [-0.15, -0.1) is 0 Å². The Morgan fingerprint density at radius 2 is 1.75 bits per heavy atom. The Balaban J connectivity index is 2.48. The van der Waals surface area contributed by atoms with Gasteiger partial charge in [-0.05, 0) is 25.7 Å². The van der Waals surface area contributed by atoms with Crippen LogP contribution in [-0.2, 0) is 4.79 Å². The molecule has 0 aromatic heterocycles. The third-order valence-electron chi connectivity index (χ3n) is 2.68. The van der Waals surface area contributed by atoms with E-state index in [0.29, 0.717) is 6.54 Å². The van der Waals surface area contributed by atoms with Crippen LogP contribution in [0.5, 0.6) is 0 Å². The van der Waals surface area contributed by atoms with Gasteiger partial charge in [-0.1, -0.05) is 0 Å². The van der Waals surface area contributed by atoms with Crippen LogP contribution in [0.2, 0.25) is 0 Å². The van der Waals surface area contributed by atoms with Gasteiger partial charge in [0.1, 0.15) is 0 Å². The number of nitrogens with zero attached hydrogens (tertiary/aromatic N) is 1. The maximum absolute atomic E-state index is 10.8. The van der Waals surface area contributed by atoms with Crippen LogP contribution in [-0.4, -0.2) is 37.1 Å². The molecule has 0 bridgehead atoms. The minimum atomic E-state index is -0.167. The van der Waals surface area contributed by atoms with Crippen molar-refractivity contribution < 1.29 is 9.28 Å². The SMILES string of the molecule is C[N+]1(CC(N)=O)CCCCCC1. The summed E-state index contributed by atoms with van der Waals surface area (Å²) in [5, 5.41) is 0. The van der Waals surface area contributed by atoms with Gasteiger partial charge in [0.2, 0.25) is 0 Å². The summed E-state index contributed by atoms with van der Waals surface area (Å²) in [6.07, 6.45) is 5.10. The molecule has 0 aromatic carbocycles. The maximum Gasteiger partial charge on any atom is 0.272 e. The van der Waals surface area contributed by atoms with Crippen molar-refractivity contribution in [3.63, 3.8) is 0 Å². The van der Waals surface area contributed by atoms with E-state index in [0.717, 1.165) is 17.6 Å². The Bertz CT molecular complexity index is 160. The molecule has 1 rings (SSSR count). The molecule has 1 aliphatic heterocycles. The average molecular weight is 171 g/mol. The Labute approximate surface area is 74.1 Å². The van der Waals surface area contributed by atoms with E-state index < -0.39 is 0 Å². The lowest BCUT2D eigenvalue weighted by Gasteiger charge is -2.31. The van der Waals surface area contributed by atoms with Crippen molar-refractivity contribution in [3.05, 3.63) is 0 Å². The largest absolute Gasteiger partial charge is 0.365 e. The van der Waals surface area contributed by atoms with E-state index in [4.69, 9.17) is 5.73 Å². The smallest absolute Gasteiger partial charge is 0.272 e. The number of amides is 1. The van der Waals surface area contributed by atoms with E-state index >= 15 is 0 Å². The Morgan fingerprint density at radius 1 is 1.25 bits per heavy atom. The summed E-state index contributed by atoms with van der Waals surface area (Å²) in [5.74, 6) is -0.167. The first kappa shape index (κ1) is 9.52. The van der Waals surface area contributed by atoms with Gasteiger partial charge in [-0.25, -0.2) is 0 Å². The number of likely N-dealkylation sites (N-methyl/N-ethyl adjacent to an activating group) is 1. The van der Waals surface area contributed by atoms with E-state index in [1.54, 1.807) is 0 Å². The topological polar surface area (TPSA) is 43.1 Å². The van der Waals surface area contributed by atoms with Crippen molar-refractivity contribution in [3.8, 4) is 0 Å². The van der Waals surface area contributed by atoms with Crippen molar-refractivity contribution in [2.45, 2.75) is 25.7 Å². The molecule has 1 heterocycles. The second-order valence-corrected chi connectivity index (χ2v) is 4.11.